The lowest BCUT2D eigenvalue weighted by atomic mass is 9.82. The van der Waals surface area contributed by atoms with Crippen molar-refractivity contribution in [2.45, 2.75) is 31.2 Å². The molecule has 1 unspecified atom stereocenters. The number of aryl methyl sites for hydroxylation is 2. The van der Waals surface area contributed by atoms with Crippen molar-refractivity contribution in [2.24, 2.45) is 5.73 Å². The average Bonchev–Trinajstić information content (AvgIpc) is 2.82. The number of nitrogens with zero attached hydrogens (tertiary/aromatic N) is 1. The molecule has 1 atom stereocenters. The molecule has 1 aliphatic rings. The maximum Gasteiger partial charge on any atom is 0.240 e. The highest BCUT2D eigenvalue weighted by molar-refractivity contribution is 7.89. The number of rotatable bonds is 14. The molecule has 0 radical (unpaired) electrons. The van der Waals surface area contributed by atoms with Gasteiger partial charge < -0.3 is 24.8 Å². The van der Waals surface area contributed by atoms with Crippen LogP contribution in [-0.2, 0) is 30.8 Å². The van der Waals surface area contributed by atoms with Gasteiger partial charge in [-0.1, -0.05) is 29.8 Å². The molecule has 0 aliphatic carbocycles. The van der Waals surface area contributed by atoms with Gasteiger partial charge in [0.1, 0.15) is 0 Å². The summed E-state index contributed by atoms with van der Waals surface area (Å²) in [5, 5.41) is 0. The van der Waals surface area contributed by atoms with Crippen molar-refractivity contribution in [2.75, 3.05) is 66.3 Å². The number of nitrogens with two attached hydrogens (primary N) is 1. The third-order valence-electron chi connectivity index (χ3n) is 6.06. The summed E-state index contributed by atoms with van der Waals surface area (Å²) in [7, 11) is -1.53. The number of ether oxygens (including phenoxy) is 3. The Hall–Kier alpha value is -1.56. The minimum Gasteiger partial charge on any atom is -0.378 e. The number of hydrogen-bond donors (Lipinski definition) is 2. The third kappa shape index (κ3) is 8.78. The normalized spacial score (nSPS) is 15.9. The number of fused-ring (bicyclic) bond motifs is 1. The molecule has 0 bridgehead atoms. The molecule has 2 aromatic rings. The zero-order valence-electron chi connectivity index (χ0n) is 21.5. The van der Waals surface area contributed by atoms with Gasteiger partial charge in [-0.3, -0.25) is 0 Å². The van der Waals surface area contributed by atoms with Crippen LogP contribution in [0.3, 0.4) is 0 Å². The summed E-state index contributed by atoms with van der Waals surface area (Å²) >= 11 is 0. The van der Waals surface area contributed by atoms with E-state index in [1.54, 1.807) is 12.1 Å². The molecule has 3 rings (SSSR count). The molecule has 202 valence electrons. The maximum atomic E-state index is 12.9. The van der Waals surface area contributed by atoms with Crippen LogP contribution in [0.15, 0.2) is 41.3 Å². The van der Waals surface area contributed by atoms with E-state index in [4.69, 9.17) is 19.9 Å². The van der Waals surface area contributed by atoms with Crippen molar-refractivity contribution in [3.05, 3.63) is 64.2 Å². The molecule has 0 saturated heterocycles. The van der Waals surface area contributed by atoms with Crippen molar-refractivity contribution in [1.29, 1.82) is 0 Å². The highest BCUT2D eigenvalue weighted by Gasteiger charge is 2.27. The number of likely N-dealkylation sites (N-methyl/N-ethyl adjacent to an activating group) is 1. The van der Waals surface area contributed by atoms with Gasteiger partial charge >= 0.3 is 0 Å². The molecular weight excluding hydrogens is 502 g/mol. The van der Waals surface area contributed by atoms with E-state index in [-0.39, 0.29) is 36.4 Å². The van der Waals surface area contributed by atoms with Gasteiger partial charge in [0.15, 0.2) is 0 Å². The zero-order chi connectivity index (χ0) is 25.3. The topological polar surface area (TPSA) is 103 Å². The van der Waals surface area contributed by atoms with Gasteiger partial charge in [-0.2, -0.15) is 0 Å². The standard InChI is InChI=1S/C26H39N3O5S.ClH/c1-20-15-21(2)25-18-29(3)19-26(24(25)16-20)22-5-4-6-23(17-22)35(30,31)28-8-10-33-12-14-34-13-11-32-9-7-27;/h4-6,15-17,26,28H,7-14,18-19,27H2,1-3H3;1H. The molecular formula is C26H40ClN3O5S. The SMILES string of the molecule is Cc1cc(C)c2c(c1)C(c1cccc(S(=O)(=O)NCCOCCOCCOCCN)c1)CN(C)C2.Cl. The Morgan fingerprint density at radius 2 is 1.67 bits per heavy atom. The second-order valence-electron chi connectivity index (χ2n) is 8.99. The maximum absolute atomic E-state index is 12.9. The smallest absolute Gasteiger partial charge is 0.240 e. The second-order valence-corrected chi connectivity index (χ2v) is 10.8. The fraction of sp³-hybridized carbons (Fsp3) is 0.538. The summed E-state index contributed by atoms with van der Waals surface area (Å²) in [5.41, 5.74) is 11.5. The van der Waals surface area contributed by atoms with Gasteiger partial charge in [-0.25, -0.2) is 13.1 Å². The van der Waals surface area contributed by atoms with Crippen LogP contribution in [0, 0.1) is 13.8 Å². The molecule has 8 nitrogen and oxygen atoms in total. The van der Waals surface area contributed by atoms with Crippen LogP contribution in [-0.4, -0.2) is 79.6 Å². The van der Waals surface area contributed by atoms with Crippen LogP contribution in [0.5, 0.6) is 0 Å². The minimum absolute atomic E-state index is 0. The minimum atomic E-state index is -3.64. The van der Waals surface area contributed by atoms with Gasteiger partial charge in [0, 0.05) is 32.1 Å². The van der Waals surface area contributed by atoms with Gasteiger partial charge in [-0.05, 0) is 55.3 Å². The summed E-state index contributed by atoms with van der Waals surface area (Å²) in [6.07, 6.45) is 0. The lowest BCUT2D eigenvalue weighted by Gasteiger charge is -2.34. The zero-order valence-corrected chi connectivity index (χ0v) is 23.1. The average molecular weight is 542 g/mol. The van der Waals surface area contributed by atoms with E-state index in [9.17, 15) is 8.42 Å². The van der Waals surface area contributed by atoms with Gasteiger partial charge in [0.25, 0.3) is 0 Å². The first-order valence-corrected chi connectivity index (χ1v) is 13.6. The van der Waals surface area contributed by atoms with Gasteiger partial charge in [0.2, 0.25) is 10.0 Å². The lowest BCUT2D eigenvalue weighted by molar-refractivity contribution is 0.0171. The summed E-state index contributed by atoms with van der Waals surface area (Å²) in [5.74, 6) is 0.126. The van der Waals surface area contributed by atoms with Crippen LogP contribution >= 0.6 is 12.4 Å². The molecule has 36 heavy (non-hydrogen) atoms. The predicted octanol–water partition coefficient (Wildman–Crippen LogP) is 2.59. The van der Waals surface area contributed by atoms with E-state index in [0.717, 1.165) is 18.7 Å². The largest absolute Gasteiger partial charge is 0.378 e. The summed E-state index contributed by atoms with van der Waals surface area (Å²) in [6, 6.07) is 11.7. The van der Waals surface area contributed by atoms with Crippen molar-refractivity contribution in [3.8, 4) is 0 Å². The van der Waals surface area contributed by atoms with Crippen LogP contribution in [0.1, 0.15) is 33.7 Å². The second kappa shape index (κ2) is 15.0. The Balaban J connectivity index is 0.00000456. The third-order valence-corrected chi connectivity index (χ3v) is 7.52. The van der Waals surface area contributed by atoms with Crippen molar-refractivity contribution in [1.82, 2.24) is 9.62 Å². The van der Waals surface area contributed by atoms with E-state index in [2.05, 4.69) is 42.6 Å². The van der Waals surface area contributed by atoms with Crippen molar-refractivity contribution >= 4 is 22.4 Å². The lowest BCUT2D eigenvalue weighted by Crippen LogP contribution is -2.32. The molecule has 0 saturated carbocycles. The number of nitrogens with one attached hydrogen (secondary N) is 1. The highest BCUT2D eigenvalue weighted by atomic mass is 35.5. The van der Waals surface area contributed by atoms with Crippen molar-refractivity contribution in [3.63, 3.8) is 0 Å². The first-order chi connectivity index (χ1) is 16.8. The Morgan fingerprint density at radius 1 is 1.00 bits per heavy atom. The van der Waals surface area contributed by atoms with E-state index < -0.39 is 10.0 Å². The van der Waals surface area contributed by atoms with Gasteiger partial charge in [0.05, 0.1) is 44.5 Å². The van der Waals surface area contributed by atoms with E-state index in [1.165, 1.54) is 22.3 Å². The first kappa shape index (κ1) is 30.7. The molecule has 2 aromatic carbocycles. The number of halogens is 1. The van der Waals surface area contributed by atoms with Crippen LogP contribution in [0.2, 0.25) is 0 Å². The molecule has 0 spiro atoms. The molecule has 0 amide bonds. The van der Waals surface area contributed by atoms with Gasteiger partial charge in [-0.15, -0.1) is 12.4 Å². The molecule has 0 fully saturated rings. The Bertz CT molecular complexity index is 1070. The highest BCUT2D eigenvalue weighted by Crippen LogP contribution is 2.36. The van der Waals surface area contributed by atoms with E-state index in [1.807, 2.05) is 12.1 Å². The molecule has 0 aromatic heterocycles. The monoisotopic (exact) mass is 541 g/mol. The Morgan fingerprint density at radius 3 is 2.36 bits per heavy atom. The number of hydrogen-bond acceptors (Lipinski definition) is 7. The van der Waals surface area contributed by atoms with E-state index >= 15 is 0 Å². The van der Waals surface area contributed by atoms with E-state index in [0.29, 0.717) is 39.6 Å². The molecule has 1 aliphatic heterocycles. The predicted molar refractivity (Wildman–Crippen MR) is 144 cm³/mol. The number of sulfonamides is 1. The fourth-order valence-electron chi connectivity index (χ4n) is 4.44. The molecule has 3 N–H and O–H groups in total. The first-order valence-electron chi connectivity index (χ1n) is 12.1. The summed E-state index contributed by atoms with van der Waals surface area (Å²) in [6.45, 7) is 9.29. The van der Waals surface area contributed by atoms with Crippen LogP contribution in [0.4, 0.5) is 0 Å². The van der Waals surface area contributed by atoms with Crippen LogP contribution < -0.4 is 10.5 Å². The molecule has 10 heteroatoms. The number of benzene rings is 2. The van der Waals surface area contributed by atoms with Crippen LogP contribution in [0.25, 0.3) is 0 Å². The Kier molecular flexibility index (Phi) is 12.8. The van der Waals surface area contributed by atoms with Crippen molar-refractivity contribution < 1.29 is 22.6 Å². The Labute approximate surface area is 221 Å². The fourth-order valence-corrected chi connectivity index (χ4v) is 5.51. The summed E-state index contributed by atoms with van der Waals surface area (Å²) in [4.78, 5) is 2.57. The molecule has 1 heterocycles. The quantitative estimate of drug-likeness (QED) is 0.354. The summed E-state index contributed by atoms with van der Waals surface area (Å²) < 4.78 is 44.5.